The number of benzene rings is 3. The fraction of sp³-hybridized carbons (Fsp3) is 0.167. The third kappa shape index (κ3) is 6.28. The molecule has 0 saturated heterocycles. The molecule has 0 aliphatic heterocycles. The van der Waals surface area contributed by atoms with Crippen LogP contribution in [-0.2, 0) is 16.4 Å². The predicted octanol–water partition coefficient (Wildman–Crippen LogP) is 4.39. The van der Waals surface area contributed by atoms with Gasteiger partial charge in [0.1, 0.15) is 0 Å². The summed E-state index contributed by atoms with van der Waals surface area (Å²) >= 11 is 3.40. The van der Waals surface area contributed by atoms with E-state index in [-0.39, 0.29) is 17.9 Å². The lowest BCUT2D eigenvalue weighted by molar-refractivity contribution is 0.258. The van der Waals surface area contributed by atoms with Crippen molar-refractivity contribution in [3.8, 4) is 23.0 Å². The number of aliphatic hydroxyl groups excluding tert-OH is 1. The quantitative estimate of drug-likeness (QED) is 0.489. The molecule has 1 unspecified atom stereocenters. The summed E-state index contributed by atoms with van der Waals surface area (Å²) in [6.45, 7) is -0.323. The van der Waals surface area contributed by atoms with Gasteiger partial charge in [-0.15, -0.1) is 5.92 Å². The van der Waals surface area contributed by atoms with E-state index in [9.17, 15) is 13.5 Å². The molecule has 4 nitrogen and oxygen atoms in total. The molecule has 1 atom stereocenters. The summed E-state index contributed by atoms with van der Waals surface area (Å²) in [6, 6.07) is 23.6. The highest BCUT2D eigenvalue weighted by molar-refractivity contribution is 9.10. The van der Waals surface area contributed by atoms with Crippen LogP contribution >= 0.6 is 15.9 Å². The Kier molecular flexibility index (Phi) is 7.83. The van der Waals surface area contributed by atoms with E-state index in [1.54, 1.807) is 24.3 Å². The summed E-state index contributed by atoms with van der Waals surface area (Å²) in [5.74, 6) is 5.98. The molecule has 0 bridgehead atoms. The maximum Gasteiger partial charge on any atom is 0.240 e. The van der Waals surface area contributed by atoms with E-state index in [4.69, 9.17) is 0 Å². The molecule has 0 radical (unpaired) electrons. The van der Waals surface area contributed by atoms with Crippen molar-refractivity contribution in [1.82, 2.24) is 4.72 Å². The first-order valence-corrected chi connectivity index (χ1v) is 11.7. The number of aliphatic hydroxyl groups is 1. The number of hydrogen-bond acceptors (Lipinski definition) is 3. The van der Waals surface area contributed by atoms with Crippen LogP contribution in [0, 0.1) is 11.8 Å². The number of halogens is 1. The van der Waals surface area contributed by atoms with Gasteiger partial charge in [0.2, 0.25) is 10.0 Å². The average molecular weight is 484 g/mol. The van der Waals surface area contributed by atoms with Gasteiger partial charge in [0.05, 0.1) is 17.5 Å². The highest BCUT2D eigenvalue weighted by Crippen LogP contribution is 2.23. The Morgan fingerprint density at radius 1 is 0.867 bits per heavy atom. The molecule has 6 heteroatoms. The van der Waals surface area contributed by atoms with E-state index in [1.165, 1.54) is 0 Å². The van der Waals surface area contributed by atoms with E-state index in [1.807, 2.05) is 54.6 Å². The molecule has 3 aromatic rings. The van der Waals surface area contributed by atoms with Gasteiger partial charge in [-0.25, -0.2) is 13.1 Å². The van der Waals surface area contributed by atoms with E-state index in [0.717, 1.165) is 21.2 Å². The molecular formula is C24H22BrNO3S. The van der Waals surface area contributed by atoms with Crippen molar-refractivity contribution >= 4 is 26.0 Å². The number of rotatable bonds is 7. The molecule has 0 amide bonds. The standard InChI is InChI=1S/C24H22BrNO3S/c25-22-14-10-20(11-15-22)21-12-16-24(17-13-21)30(28,29)26-23(18-27)9-5-4-8-19-6-2-1-3-7-19/h1-3,6-7,10-17,23,26-27H,8-9,18H2. The Hall–Kier alpha value is -2.43. The molecule has 0 aliphatic rings. The molecule has 3 rings (SSSR count). The number of nitrogens with one attached hydrogen (secondary N) is 1. The van der Waals surface area contributed by atoms with Crippen molar-refractivity contribution in [1.29, 1.82) is 0 Å². The molecule has 30 heavy (non-hydrogen) atoms. The summed E-state index contributed by atoms with van der Waals surface area (Å²) in [6.07, 6.45) is 0.822. The van der Waals surface area contributed by atoms with Gasteiger partial charge >= 0.3 is 0 Å². The van der Waals surface area contributed by atoms with E-state index < -0.39 is 16.1 Å². The summed E-state index contributed by atoms with van der Waals surface area (Å²) < 4.78 is 28.9. The van der Waals surface area contributed by atoms with Crippen LogP contribution in [0.15, 0.2) is 88.2 Å². The van der Waals surface area contributed by atoms with Crippen LogP contribution in [0.5, 0.6) is 0 Å². The topological polar surface area (TPSA) is 66.4 Å². The average Bonchev–Trinajstić information content (AvgIpc) is 2.77. The zero-order valence-corrected chi connectivity index (χ0v) is 18.7. The maximum atomic E-state index is 12.7. The van der Waals surface area contributed by atoms with Gasteiger partial charge in [-0.05, 0) is 41.0 Å². The molecule has 154 valence electrons. The van der Waals surface area contributed by atoms with Crippen molar-refractivity contribution in [3.63, 3.8) is 0 Å². The van der Waals surface area contributed by atoms with Crippen LogP contribution in [0.3, 0.4) is 0 Å². The van der Waals surface area contributed by atoms with E-state index in [0.29, 0.717) is 6.42 Å². The zero-order chi connectivity index (χ0) is 21.4. The minimum absolute atomic E-state index is 0.152. The van der Waals surface area contributed by atoms with Crippen molar-refractivity contribution < 1.29 is 13.5 Å². The van der Waals surface area contributed by atoms with Crippen LogP contribution in [0.4, 0.5) is 0 Å². The molecule has 2 N–H and O–H groups in total. The van der Waals surface area contributed by atoms with Gasteiger partial charge in [0, 0.05) is 17.3 Å². The van der Waals surface area contributed by atoms with E-state index in [2.05, 4.69) is 32.5 Å². The Balaban J connectivity index is 1.63. The van der Waals surface area contributed by atoms with Crippen LogP contribution in [0.1, 0.15) is 12.0 Å². The largest absolute Gasteiger partial charge is 0.395 e. The molecule has 0 aromatic heterocycles. The molecule has 3 aromatic carbocycles. The third-order valence-corrected chi connectivity index (χ3v) is 6.56. The minimum Gasteiger partial charge on any atom is -0.395 e. The summed E-state index contributed by atoms with van der Waals surface area (Å²) in [7, 11) is -3.75. The van der Waals surface area contributed by atoms with Crippen LogP contribution in [-0.4, -0.2) is 26.2 Å². The van der Waals surface area contributed by atoms with Crippen molar-refractivity contribution in [2.75, 3.05) is 6.61 Å². The van der Waals surface area contributed by atoms with Gasteiger partial charge in [-0.1, -0.05) is 76.4 Å². The van der Waals surface area contributed by atoms with Crippen LogP contribution in [0.25, 0.3) is 11.1 Å². The second kappa shape index (κ2) is 10.6. The Bertz CT molecular complexity index is 1120. The second-order valence-corrected chi connectivity index (χ2v) is 9.38. The highest BCUT2D eigenvalue weighted by Gasteiger charge is 2.19. The first kappa shape index (κ1) is 22.3. The maximum absolute atomic E-state index is 12.7. The Morgan fingerprint density at radius 3 is 2.07 bits per heavy atom. The molecule has 0 saturated carbocycles. The fourth-order valence-electron chi connectivity index (χ4n) is 2.86. The second-order valence-electron chi connectivity index (χ2n) is 6.75. The van der Waals surface area contributed by atoms with Gasteiger partial charge < -0.3 is 5.11 Å². The Labute approximate surface area is 186 Å². The van der Waals surface area contributed by atoms with Gasteiger partial charge in [-0.3, -0.25) is 0 Å². The number of hydrogen-bond donors (Lipinski definition) is 2. The smallest absolute Gasteiger partial charge is 0.240 e. The first-order chi connectivity index (χ1) is 14.5. The lowest BCUT2D eigenvalue weighted by Crippen LogP contribution is -2.37. The Morgan fingerprint density at radius 2 is 1.47 bits per heavy atom. The van der Waals surface area contributed by atoms with Crippen LogP contribution in [0.2, 0.25) is 0 Å². The van der Waals surface area contributed by atoms with Crippen molar-refractivity contribution in [2.24, 2.45) is 0 Å². The zero-order valence-electron chi connectivity index (χ0n) is 16.3. The van der Waals surface area contributed by atoms with Crippen molar-refractivity contribution in [3.05, 3.63) is 88.9 Å². The molecule has 0 fully saturated rings. The SMILES string of the molecule is O=S(=O)(NC(CO)CC#CCc1ccccc1)c1ccc(-c2ccc(Br)cc2)cc1. The summed E-state index contributed by atoms with van der Waals surface area (Å²) in [5.41, 5.74) is 3.01. The van der Waals surface area contributed by atoms with E-state index >= 15 is 0 Å². The minimum atomic E-state index is -3.75. The van der Waals surface area contributed by atoms with Gasteiger partial charge in [0.25, 0.3) is 0 Å². The fourth-order valence-corrected chi connectivity index (χ4v) is 4.35. The van der Waals surface area contributed by atoms with Crippen LogP contribution < -0.4 is 4.72 Å². The molecule has 0 aliphatic carbocycles. The number of sulfonamides is 1. The molecular weight excluding hydrogens is 462 g/mol. The third-order valence-electron chi connectivity index (χ3n) is 4.49. The van der Waals surface area contributed by atoms with Gasteiger partial charge in [0.15, 0.2) is 0 Å². The summed E-state index contributed by atoms with van der Waals surface area (Å²) in [5, 5.41) is 9.57. The van der Waals surface area contributed by atoms with Gasteiger partial charge in [-0.2, -0.15) is 0 Å². The monoisotopic (exact) mass is 483 g/mol. The lowest BCUT2D eigenvalue weighted by atomic mass is 10.1. The highest BCUT2D eigenvalue weighted by atomic mass is 79.9. The normalized spacial score (nSPS) is 12.1. The molecule has 0 heterocycles. The lowest BCUT2D eigenvalue weighted by Gasteiger charge is -2.14. The molecule has 0 spiro atoms. The first-order valence-electron chi connectivity index (χ1n) is 9.47. The van der Waals surface area contributed by atoms with Crippen molar-refractivity contribution in [2.45, 2.75) is 23.8 Å². The summed E-state index contributed by atoms with van der Waals surface area (Å²) in [4.78, 5) is 0.152. The predicted molar refractivity (Wildman–Crippen MR) is 123 cm³/mol.